The van der Waals surface area contributed by atoms with Gasteiger partial charge in [0.1, 0.15) is 11.6 Å². The molecule has 0 aliphatic carbocycles. The second-order valence-corrected chi connectivity index (χ2v) is 8.87. The van der Waals surface area contributed by atoms with E-state index in [9.17, 15) is 14.7 Å². The van der Waals surface area contributed by atoms with Gasteiger partial charge >= 0.3 is 5.69 Å². The summed E-state index contributed by atoms with van der Waals surface area (Å²) >= 11 is 0. The van der Waals surface area contributed by atoms with Crippen molar-refractivity contribution in [1.82, 2.24) is 24.0 Å². The molecule has 4 heterocycles. The molecule has 8 heteroatoms. The van der Waals surface area contributed by atoms with Gasteiger partial charge < -0.3 is 10.0 Å². The van der Waals surface area contributed by atoms with Gasteiger partial charge in [0.2, 0.25) is 0 Å². The Kier molecular flexibility index (Phi) is 5.25. The van der Waals surface area contributed by atoms with Gasteiger partial charge in [0.25, 0.3) is 5.91 Å². The molecule has 0 spiro atoms. The van der Waals surface area contributed by atoms with Gasteiger partial charge in [-0.25, -0.2) is 9.78 Å². The van der Waals surface area contributed by atoms with E-state index in [4.69, 9.17) is 4.98 Å². The summed E-state index contributed by atoms with van der Waals surface area (Å²) in [5.41, 5.74) is 5.87. The van der Waals surface area contributed by atoms with Gasteiger partial charge in [0, 0.05) is 31.7 Å². The molecule has 1 saturated heterocycles. The molecule has 170 valence electrons. The lowest BCUT2D eigenvalue weighted by Crippen LogP contribution is -2.44. The van der Waals surface area contributed by atoms with Crippen LogP contribution >= 0.6 is 0 Å². The van der Waals surface area contributed by atoms with Crippen molar-refractivity contribution in [1.29, 1.82) is 0 Å². The van der Waals surface area contributed by atoms with Gasteiger partial charge in [-0.05, 0) is 38.8 Å². The van der Waals surface area contributed by atoms with Crippen molar-refractivity contribution in [2.75, 3.05) is 13.1 Å². The van der Waals surface area contributed by atoms with E-state index in [2.05, 4.69) is 17.1 Å². The average molecular weight is 446 g/mol. The molecule has 1 atom stereocenters. The molecule has 5 rings (SSSR count). The van der Waals surface area contributed by atoms with E-state index in [1.54, 1.807) is 22.7 Å². The Balaban J connectivity index is 1.62. The van der Waals surface area contributed by atoms with E-state index in [1.807, 2.05) is 35.8 Å². The molecule has 1 aromatic carbocycles. The fourth-order valence-corrected chi connectivity index (χ4v) is 4.72. The molecule has 4 aromatic rings. The van der Waals surface area contributed by atoms with Crippen molar-refractivity contribution in [2.45, 2.75) is 38.8 Å². The van der Waals surface area contributed by atoms with E-state index in [-0.39, 0.29) is 17.6 Å². The van der Waals surface area contributed by atoms with Crippen molar-refractivity contribution < 1.29 is 9.90 Å². The minimum Gasteiger partial charge on any atom is -0.384 e. The molecule has 0 radical (unpaired) electrons. The minimum absolute atomic E-state index is 0.0605. The van der Waals surface area contributed by atoms with Crippen molar-refractivity contribution in [3.63, 3.8) is 0 Å². The molecular formula is C25H27N5O3. The van der Waals surface area contributed by atoms with Crippen LogP contribution in [-0.4, -0.2) is 54.2 Å². The highest BCUT2D eigenvalue weighted by Crippen LogP contribution is 2.30. The number of amides is 1. The molecule has 3 aromatic heterocycles. The number of benzene rings is 1. The number of carbonyl (C=O) groups is 1. The van der Waals surface area contributed by atoms with E-state index < -0.39 is 6.10 Å². The van der Waals surface area contributed by atoms with Crippen molar-refractivity contribution in [3.05, 3.63) is 58.6 Å². The fraction of sp³-hybridized carbons (Fsp3) is 0.360. The van der Waals surface area contributed by atoms with Crippen LogP contribution in [0.15, 0.2) is 47.4 Å². The number of hydrogen-bond donors (Lipinski definition) is 1. The van der Waals surface area contributed by atoms with Crippen LogP contribution in [0.2, 0.25) is 0 Å². The summed E-state index contributed by atoms with van der Waals surface area (Å²) < 4.78 is 3.45. The van der Waals surface area contributed by atoms with Gasteiger partial charge in [-0.1, -0.05) is 29.8 Å². The predicted octanol–water partition coefficient (Wildman–Crippen LogP) is 2.80. The van der Waals surface area contributed by atoms with E-state index in [0.29, 0.717) is 31.4 Å². The molecule has 1 amide bonds. The topological polar surface area (TPSA) is 93.2 Å². The maximum atomic E-state index is 13.3. The Hall–Kier alpha value is -3.52. The monoisotopic (exact) mass is 445 g/mol. The number of fused-ring (bicyclic) bond motifs is 3. The highest BCUT2D eigenvalue weighted by atomic mass is 16.3. The van der Waals surface area contributed by atoms with E-state index >= 15 is 0 Å². The predicted molar refractivity (Wildman–Crippen MR) is 127 cm³/mol. The third-order valence-corrected chi connectivity index (χ3v) is 6.61. The van der Waals surface area contributed by atoms with Crippen LogP contribution in [0.3, 0.4) is 0 Å². The zero-order valence-electron chi connectivity index (χ0n) is 19.0. The van der Waals surface area contributed by atoms with E-state index in [1.165, 1.54) is 12.5 Å². The zero-order valence-corrected chi connectivity index (χ0v) is 19.0. The number of pyridine rings is 2. The number of hydrogen-bond acceptors (Lipinski definition) is 5. The number of aliphatic hydroxyl groups excluding tert-OH is 1. The second kappa shape index (κ2) is 8.12. The molecule has 0 saturated carbocycles. The Morgan fingerprint density at radius 3 is 2.48 bits per heavy atom. The van der Waals surface area contributed by atoms with Crippen molar-refractivity contribution in [3.8, 4) is 11.3 Å². The Bertz CT molecular complexity index is 1410. The Labute approximate surface area is 191 Å². The summed E-state index contributed by atoms with van der Waals surface area (Å²) in [5.74, 6) is -0.266. The number of nitrogens with zero attached hydrogens (tertiary/aromatic N) is 5. The number of aromatic nitrogens is 4. The lowest BCUT2D eigenvalue weighted by Gasteiger charge is -2.33. The number of aliphatic hydroxyl groups is 1. The Morgan fingerprint density at radius 2 is 1.82 bits per heavy atom. The molecule has 1 fully saturated rings. The standard InChI is InChI=1S/C25H27N5O3/c1-15-4-6-17(7-5-15)19-8-9-20-22(27-19)23-21(14-26-20)28(3)25(33)30(23)18-10-12-29(13-11-18)24(32)16(2)31/h4-9,14,16,18,31H,10-13H2,1-3H3/t16-/m0/s1. The lowest BCUT2D eigenvalue weighted by atomic mass is 10.0. The zero-order chi connectivity index (χ0) is 23.3. The van der Waals surface area contributed by atoms with Crippen molar-refractivity contribution >= 4 is 28.0 Å². The SMILES string of the molecule is Cc1ccc(-c2ccc3ncc4c(c3n2)n(C2CCN(C(=O)[C@H](C)O)CC2)c(=O)n4C)cc1. The number of aryl methyl sites for hydroxylation is 2. The number of piperidine rings is 1. The first-order chi connectivity index (χ1) is 15.8. The van der Waals surface area contributed by atoms with Crippen molar-refractivity contribution in [2.24, 2.45) is 7.05 Å². The summed E-state index contributed by atoms with van der Waals surface area (Å²) in [6.45, 7) is 4.54. The number of imidazole rings is 1. The minimum atomic E-state index is -1.01. The smallest absolute Gasteiger partial charge is 0.329 e. The quantitative estimate of drug-likeness (QED) is 0.523. The maximum Gasteiger partial charge on any atom is 0.329 e. The number of rotatable bonds is 3. The van der Waals surface area contributed by atoms with Gasteiger partial charge in [-0.2, -0.15) is 0 Å². The van der Waals surface area contributed by atoms with Crippen LogP contribution in [0, 0.1) is 6.92 Å². The van der Waals surface area contributed by atoms with Crippen LogP contribution in [0.5, 0.6) is 0 Å². The maximum absolute atomic E-state index is 13.3. The van der Waals surface area contributed by atoms with Crippen LogP contribution in [0.1, 0.15) is 31.4 Å². The summed E-state index contributed by atoms with van der Waals surface area (Å²) in [7, 11) is 1.75. The third-order valence-electron chi connectivity index (χ3n) is 6.61. The van der Waals surface area contributed by atoms with Gasteiger partial charge in [0.05, 0.1) is 28.4 Å². The molecule has 1 N–H and O–H groups in total. The van der Waals surface area contributed by atoms with Crippen LogP contribution in [0.4, 0.5) is 0 Å². The first kappa shape index (κ1) is 21.3. The molecule has 1 aliphatic heterocycles. The largest absolute Gasteiger partial charge is 0.384 e. The van der Waals surface area contributed by atoms with Crippen LogP contribution in [-0.2, 0) is 11.8 Å². The Morgan fingerprint density at radius 1 is 1.12 bits per heavy atom. The molecule has 33 heavy (non-hydrogen) atoms. The summed E-state index contributed by atoms with van der Waals surface area (Å²) in [4.78, 5) is 36.6. The lowest BCUT2D eigenvalue weighted by molar-refractivity contribution is -0.140. The van der Waals surface area contributed by atoms with E-state index in [0.717, 1.165) is 27.8 Å². The average Bonchev–Trinajstić information content (AvgIpc) is 3.09. The highest BCUT2D eigenvalue weighted by Gasteiger charge is 2.29. The second-order valence-electron chi connectivity index (χ2n) is 8.87. The molecule has 0 unspecified atom stereocenters. The molecular weight excluding hydrogens is 418 g/mol. The first-order valence-electron chi connectivity index (χ1n) is 11.3. The van der Waals surface area contributed by atoms with Gasteiger partial charge in [-0.3, -0.25) is 18.9 Å². The fourth-order valence-electron chi connectivity index (χ4n) is 4.72. The summed E-state index contributed by atoms with van der Waals surface area (Å²) in [6, 6.07) is 12.0. The number of carbonyl (C=O) groups excluding carboxylic acids is 1. The molecule has 8 nitrogen and oxygen atoms in total. The molecule has 1 aliphatic rings. The van der Waals surface area contributed by atoms with Gasteiger partial charge in [0.15, 0.2) is 0 Å². The summed E-state index contributed by atoms with van der Waals surface area (Å²) in [6.07, 6.45) is 1.99. The normalized spacial score (nSPS) is 15.9. The third kappa shape index (κ3) is 3.60. The first-order valence-corrected chi connectivity index (χ1v) is 11.3. The highest BCUT2D eigenvalue weighted by molar-refractivity contribution is 6.00. The van der Waals surface area contributed by atoms with Crippen LogP contribution < -0.4 is 5.69 Å². The van der Waals surface area contributed by atoms with Crippen LogP contribution in [0.25, 0.3) is 33.3 Å². The van der Waals surface area contributed by atoms with Gasteiger partial charge in [-0.15, -0.1) is 0 Å². The summed E-state index contributed by atoms with van der Waals surface area (Å²) in [5, 5.41) is 9.63. The number of likely N-dealkylation sites (tertiary alicyclic amines) is 1. The molecule has 0 bridgehead atoms.